The monoisotopic (exact) mass is 302 g/mol. The number of aromatic amines is 1. The summed E-state index contributed by atoms with van der Waals surface area (Å²) in [4.78, 5) is 27.6. The van der Waals surface area contributed by atoms with Gasteiger partial charge in [0.25, 0.3) is 5.91 Å². The predicted octanol–water partition coefficient (Wildman–Crippen LogP) is 1.45. The number of hydrogen-bond donors (Lipinski definition) is 2. The number of H-pyrrole nitrogens is 1. The topological polar surface area (TPSA) is 80.4 Å². The molecule has 1 amide bonds. The molecule has 2 N–H and O–H groups in total. The maximum Gasteiger partial charge on any atom is 0.256 e. The second-order valence-electron chi connectivity index (χ2n) is 5.29. The number of amides is 1. The van der Waals surface area contributed by atoms with E-state index in [1.165, 1.54) is 13.3 Å². The molecule has 6 nitrogen and oxygen atoms in total. The molecule has 1 aromatic heterocycles. The standard InChI is InChI=1S/C16H18N2O4/c1-21-10-4-5-14-12(7-10)15(19)13(9-17-14)16(20)18-8-11-3-2-6-22-11/h4-5,7,9,11H,2-3,6,8H2,1H3,(H,17,19)(H,18,20). The number of rotatable bonds is 4. The maximum atomic E-state index is 12.5. The summed E-state index contributed by atoms with van der Waals surface area (Å²) in [6.45, 7) is 1.16. The first-order valence-corrected chi connectivity index (χ1v) is 7.28. The van der Waals surface area contributed by atoms with Crippen LogP contribution in [-0.4, -0.2) is 37.3 Å². The molecule has 0 bridgehead atoms. The highest BCUT2D eigenvalue weighted by atomic mass is 16.5. The van der Waals surface area contributed by atoms with Crippen molar-refractivity contribution in [1.82, 2.24) is 10.3 Å². The Morgan fingerprint density at radius 2 is 2.36 bits per heavy atom. The van der Waals surface area contributed by atoms with E-state index in [4.69, 9.17) is 9.47 Å². The fourth-order valence-electron chi connectivity index (χ4n) is 2.60. The lowest BCUT2D eigenvalue weighted by atomic mass is 10.1. The smallest absolute Gasteiger partial charge is 0.256 e. The SMILES string of the molecule is COc1ccc2[nH]cc(C(=O)NCC3CCCO3)c(=O)c2c1. The van der Waals surface area contributed by atoms with Crippen molar-refractivity contribution >= 4 is 16.8 Å². The Morgan fingerprint density at radius 1 is 1.50 bits per heavy atom. The van der Waals surface area contributed by atoms with Crippen molar-refractivity contribution in [2.24, 2.45) is 0 Å². The van der Waals surface area contributed by atoms with Crippen LogP contribution in [0.2, 0.25) is 0 Å². The third kappa shape index (κ3) is 2.82. The Morgan fingerprint density at radius 3 is 3.09 bits per heavy atom. The molecule has 3 rings (SSSR count). The third-order valence-corrected chi connectivity index (χ3v) is 3.85. The Balaban J connectivity index is 1.84. The Hall–Kier alpha value is -2.34. The summed E-state index contributed by atoms with van der Waals surface area (Å²) in [6, 6.07) is 5.14. The first-order valence-electron chi connectivity index (χ1n) is 7.28. The van der Waals surface area contributed by atoms with E-state index in [2.05, 4.69) is 10.3 Å². The molecule has 1 aliphatic heterocycles. The van der Waals surface area contributed by atoms with Crippen LogP contribution in [0, 0.1) is 0 Å². The molecule has 0 saturated carbocycles. The lowest BCUT2D eigenvalue weighted by Crippen LogP contribution is -2.34. The highest BCUT2D eigenvalue weighted by Gasteiger charge is 2.18. The first kappa shape index (κ1) is 14.6. The molecule has 0 radical (unpaired) electrons. The third-order valence-electron chi connectivity index (χ3n) is 3.85. The molecule has 1 unspecified atom stereocenters. The summed E-state index contributed by atoms with van der Waals surface area (Å²) >= 11 is 0. The van der Waals surface area contributed by atoms with Crippen LogP contribution in [0.4, 0.5) is 0 Å². The van der Waals surface area contributed by atoms with Gasteiger partial charge >= 0.3 is 0 Å². The molecule has 116 valence electrons. The number of carbonyl (C=O) groups is 1. The molecule has 0 aliphatic carbocycles. The predicted molar refractivity (Wildman–Crippen MR) is 82.4 cm³/mol. The minimum absolute atomic E-state index is 0.0450. The van der Waals surface area contributed by atoms with Gasteiger partial charge in [-0.15, -0.1) is 0 Å². The van der Waals surface area contributed by atoms with Gasteiger partial charge in [-0.2, -0.15) is 0 Å². The van der Waals surface area contributed by atoms with Crippen LogP contribution < -0.4 is 15.5 Å². The molecular weight excluding hydrogens is 284 g/mol. The average molecular weight is 302 g/mol. The van der Waals surface area contributed by atoms with Gasteiger partial charge in [0.05, 0.1) is 13.2 Å². The van der Waals surface area contributed by atoms with E-state index in [1.54, 1.807) is 18.2 Å². The quantitative estimate of drug-likeness (QED) is 0.895. The van der Waals surface area contributed by atoms with Gasteiger partial charge in [-0.25, -0.2) is 0 Å². The highest BCUT2D eigenvalue weighted by Crippen LogP contribution is 2.16. The van der Waals surface area contributed by atoms with Crippen LogP contribution >= 0.6 is 0 Å². The molecule has 1 aliphatic rings. The van der Waals surface area contributed by atoms with Crippen molar-refractivity contribution in [2.75, 3.05) is 20.3 Å². The lowest BCUT2D eigenvalue weighted by Gasteiger charge is -2.11. The number of aromatic nitrogens is 1. The second-order valence-corrected chi connectivity index (χ2v) is 5.29. The van der Waals surface area contributed by atoms with Crippen molar-refractivity contribution in [1.29, 1.82) is 0 Å². The van der Waals surface area contributed by atoms with Crippen LogP contribution in [0.5, 0.6) is 5.75 Å². The van der Waals surface area contributed by atoms with E-state index in [9.17, 15) is 9.59 Å². The van der Waals surface area contributed by atoms with E-state index in [-0.39, 0.29) is 23.0 Å². The number of hydrogen-bond acceptors (Lipinski definition) is 4. The zero-order valence-electron chi connectivity index (χ0n) is 12.3. The molecule has 2 heterocycles. The molecule has 2 aromatic rings. The van der Waals surface area contributed by atoms with Crippen molar-refractivity contribution in [3.8, 4) is 5.75 Å². The summed E-state index contributed by atoms with van der Waals surface area (Å²) in [6.07, 6.45) is 3.44. The average Bonchev–Trinajstić information content (AvgIpc) is 3.06. The minimum atomic E-state index is -0.388. The number of carbonyl (C=O) groups excluding carboxylic acids is 1. The summed E-state index contributed by atoms with van der Waals surface area (Å²) < 4.78 is 10.6. The summed E-state index contributed by atoms with van der Waals surface area (Å²) in [5, 5.41) is 3.19. The largest absolute Gasteiger partial charge is 0.497 e. The number of ether oxygens (including phenoxy) is 2. The zero-order valence-corrected chi connectivity index (χ0v) is 12.3. The van der Waals surface area contributed by atoms with E-state index in [0.29, 0.717) is 23.2 Å². The molecular formula is C16H18N2O4. The van der Waals surface area contributed by atoms with Crippen molar-refractivity contribution in [3.05, 3.63) is 40.2 Å². The van der Waals surface area contributed by atoms with Gasteiger partial charge in [-0.1, -0.05) is 0 Å². The van der Waals surface area contributed by atoms with Crippen molar-refractivity contribution < 1.29 is 14.3 Å². The molecule has 0 spiro atoms. The number of pyridine rings is 1. The van der Waals surface area contributed by atoms with Crippen molar-refractivity contribution in [3.63, 3.8) is 0 Å². The van der Waals surface area contributed by atoms with Crippen molar-refractivity contribution in [2.45, 2.75) is 18.9 Å². The van der Waals surface area contributed by atoms with E-state index in [1.807, 2.05) is 0 Å². The van der Waals surface area contributed by atoms with Crippen LogP contribution in [0.25, 0.3) is 10.9 Å². The fraction of sp³-hybridized carbons (Fsp3) is 0.375. The van der Waals surface area contributed by atoms with Gasteiger partial charge in [0.2, 0.25) is 5.43 Å². The van der Waals surface area contributed by atoms with E-state index in [0.717, 1.165) is 19.4 Å². The van der Waals surface area contributed by atoms with Gasteiger partial charge in [0, 0.05) is 30.3 Å². The summed E-state index contributed by atoms with van der Waals surface area (Å²) in [7, 11) is 1.54. The van der Waals surface area contributed by atoms with Gasteiger partial charge in [0.15, 0.2) is 0 Å². The molecule has 1 saturated heterocycles. The Kier molecular flexibility index (Phi) is 4.11. The van der Waals surface area contributed by atoms with Crippen LogP contribution in [-0.2, 0) is 4.74 Å². The van der Waals surface area contributed by atoms with E-state index >= 15 is 0 Å². The molecule has 22 heavy (non-hydrogen) atoms. The van der Waals surface area contributed by atoms with Gasteiger partial charge < -0.3 is 19.8 Å². The number of benzene rings is 1. The second kappa shape index (κ2) is 6.19. The molecule has 6 heteroatoms. The van der Waals surface area contributed by atoms with Crippen LogP contribution in [0.1, 0.15) is 23.2 Å². The van der Waals surface area contributed by atoms with E-state index < -0.39 is 0 Å². The fourth-order valence-corrected chi connectivity index (χ4v) is 2.60. The first-order chi connectivity index (χ1) is 10.7. The van der Waals surface area contributed by atoms with Crippen LogP contribution in [0.3, 0.4) is 0 Å². The van der Waals surface area contributed by atoms with Gasteiger partial charge in [-0.05, 0) is 31.0 Å². The lowest BCUT2D eigenvalue weighted by molar-refractivity contribution is 0.0857. The molecule has 1 atom stereocenters. The summed E-state index contributed by atoms with van der Waals surface area (Å²) in [5.74, 6) is 0.191. The maximum absolute atomic E-state index is 12.5. The number of fused-ring (bicyclic) bond motifs is 1. The van der Waals surface area contributed by atoms with Gasteiger partial charge in [0.1, 0.15) is 11.3 Å². The summed E-state index contributed by atoms with van der Waals surface area (Å²) in [5.41, 5.74) is 0.456. The number of nitrogens with one attached hydrogen (secondary N) is 2. The zero-order chi connectivity index (χ0) is 15.5. The minimum Gasteiger partial charge on any atom is -0.497 e. The highest BCUT2D eigenvalue weighted by molar-refractivity contribution is 5.97. The Labute approximate surface area is 127 Å². The Bertz CT molecular complexity index is 747. The molecule has 1 fully saturated rings. The van der Waals surface area contributed by atoms with Crippen LogP contribution in [0.15, 0.2) is 29.2 Å². The number of methoxy groups -OCH3 is 1. The van der Waals surface area contributed by atoms with Gasteiger partial charge in [-0.3, -0.25) is 9.59 Å². The normalized spacial score (nSPS) is 17.6. The molecule has 1 aromatic carbocycles.